The predicted octanol–water partition coefficient (Wildman–Crippen LogP) is 1.68. The predicted molar refractivity (Wildman–Crippen MR) is 92.3 cm³/mol. The Bertz CT molecular complexity index is 700. The number of ether oxygens (including phenoxy) is 2. The van der Waals surface area contributed by atoms with Gasteiger partial charge in [0.2, 0.25) is 0 Å². The summed E-state index contributed by atoms with van der Waals surface area (Å²) < 4.78 is 9.99. The molecule has 128 valence electrons. The van der Waals surface area contributed by atoms with Crippen LogP contribution >= 0.6 is 12.6 Å². The third-order valence-electron chi connectivity index (χ3n) is 3.27. The molecule has 2 aromatic rings. The van der Waals surface area contributed by atoms with Gasteiger partial charge < -0.3 is 14.8 Å². The molecule has 8 heteroatoms. The molecule has 0 bridgehead atoms. The van der Waals surface area contributed by atoms with Crippen LogP contribution in [0.25, 0.3) is 11.3 Å². The average molecular weight is 349 g/mol. The van der Waals surface area contributed by atoms with Gasteiger partial charge in [0.05, 0.1) is 19.4 Å². The van der Waals surface area contributed by atoms with Gasteiger partial charge >= 0.3 is 5.97 Å². The van der Waals surface area contributed by atoms with Gasteiger partial charge in [-0.05, 0) is 37.3 Å². The van der Waals surface area contributed by atoms with E-state index in [0.717, 1.165) is 11.3 Å². The maximum Gasteiger partial charge on any atom is 0.329 e. The Balaban J connectivity index is 2.08. The maximum atomic E-state index is 12.2. The summed E-state index contributed by atoms with van der Waals surface area (Å²) in [6.07, 6.45) is 0. The number of nitrogens with one attached hydrogen (secondary N) is 2. The Morgan fingerprint density at radius 2 is 2.04 bits per heavy atom. The highest BCUT2D eigenvalue weighted by molar-refractivity contribution is 7.80. The highest BCUT2D eigenvalue weighted by atomic mass is 32.1. The van der Waals surface area contributed by atoms with Crippen molar-refractivity contribution in [3.05, 3.63) is 36.0 Å². The van der Waals surface area contributed by atoms with Crippen LogP contribution in [0, 0.1) is 0 Å². The molecule has 7 nitrogen and oxygen atoms in total. The van der Waals surface area contributed by atoms with Crippen LogP contribution in [0.4, 0.5) is 0 Å². The minimum Gasteiger partial charge on any atom is -0.497 e. The standard InChI is InChI=1S/C16H19N3O4S/c1-3-23-16(21)14(9-24)17-15(20)13-8-12(18-19-13)10-4-6-11(22-2)7-5-10/h4-8,14,24H,3,9H2,1-2H3,(H,17,20)(H,18,19)/t14-/m0/s1. The van der Waals surface area contributed by atoms with E-state index in [0.29, 0.717) is 5.69 Å². The van der Waals surface area contributed by atoms with Gasteiger partial charge in [-0.25, -0.2) is 4.79 Å². The number of amides is 1. The first-order valence-electron chi connectivity index (χ1n) is 7.37. The summed E-state index contributed by atoms with van der Waals surface area (Å²) in [6, 6.07) is 8.09. The second-order valence-corrected chi connectivity index (χ2v) is 5.22. The van der Waals surface area contributed by atoms with Crippen molar-refractivity contribution >= 4 is 24.5 Å². The maximum absolute atomic E-state index is 12.2. The minimum atomic E-state index is -0.812. The van der Waals surface area contributed by atoms with E-state index in [9.17, 15) is 9.59 Å². The molecule has 0 fully saturated rings. The Morgan fingerprint density at radius 1 is 1.33 bits per heavy atom. The van der Waals surface area contributed by atoms with E-state index in [1.807, 2.05) is 12.1 Å². The second kappa shape index (κ2) is 8.39. The fourth-order valence-electron chi connectivity index (χ4n) is 2.01. The Morgan fingerprint density at radius 3 is 2.62 bits per heavy atom. The van der Waals surface area contributed by atoms with Crippen LogP contribution < -0.4 is 10.1 Å². The van der Waals surface area contributed by atoms with Crippen molar-refractivity contribution in [2.24, 2.45) is 0 Å². The van der Waals surface area contributed by atoms with Gasteiger partial charge in [-0.15, -0.1) is 0 Å². The smallest absolute Gasteiger partial charge is 0.329 e. The van der Waals surface area contributed by atoms with Crippen molar-refractivity contribution in [2.45, 2.75) is 13.0 Å². The number of hydrogen-bond acceptors (Lipinski definition) is 6. The lowest BCUT2D eigenvalue weighted by Crippen LogP contribution is -2.43. The third-order valence-corrected chi connectivity index (χ3v) is 3.63. The highest BCUT2D eigenvalue weighted by Crippen LogP contribution is 2.21. The first-order chi connectivity index (χ1) is 11.6. The zero-order chi connectivity index (χ0) is 17.5. The quantitative estimate of drug-likeness (QED) is 0.522. The molecule has 2 rings (SSSR count). The number of carbonyl (C=O) groups excluding carboxylic acids is 2. The lowest BCUT2D eigenvalue weighted by molar-refractivity contribution is -0.144. The number of rotatable bonds is 7. The molecule has 0 radical (unpaired) electrons. The molecular formula is C16H19N3O4S. The molecule has 0 saturated carbocycles. The molecule has 24 heavy (non-hydrogen) atoms. The number of carbonyl (C=O) groups is 2. The van der Waals surface area contributed by atoms with Crippen LogP contribution in [0.2, 0.25) is 0 Å². The Kier molecular flexibility index (Phi) is 6.25. The largest absolute Gasteiger partial charge is 0.497 e. The first kappa shape index (κ1) is 17.9. The molecule has 2 N–H and O–H groups in total. The number of aromatic amines is 1. The van der Waals surface area contributed by atoms with Crippen molar-refractivity contribution in [2.75, 3.05) is 19.5 Å². The van der Waals surface area contributed by atoms with Crippen LogP contribution in [0.3, 0.4) is 0 Å². The van der Waals surface area contributed by atoms with Crippen LogP contribution in [0.1, 0.15) is 17.4 Å². The van der Waals surface area contributed by atoms with Crippen molar-refractivity contribution in [3.8, 4) is 17.0 Å². The van der Waals surface area contributed by atoms with E-state index in [1.54, 1.807) is 32.2 Å². The van der Waals surface area contributed by atoms with Gasteiger partial charge in [0.25, 0.3) is 5.91 Å². The number of aromatic nitrogens is 2. The van der Waals surface area contributed by atoms with Gasteiger partial charge in [-0.1, -0.05) is 0 Å². The topological polar surface area (TPSA) is 93.3 Å². The number of benzene rings is 1. The molecule has 0 aliphatic rings. The van der Waals surface area contributed by atoms with E-state index in [2.05, 4.69) is 28.1 Å². The van der Waals surface area contributed by atoms with Crippen LogP contribution in [0.15, 0.2) is 30.3 Å². The summed E-state index contributed by atoms with van der Waals surface area (Å²) in [5, 5.41) is 9.35. The van der Waals surface area contributed by atoms with E-state index in [1.165, 1.54) is 0 Å². The van der Waals surface area contributed by atoms with Crippen LogP contribution in [0.5, 0.6) is 5.75 Å². The molecule has 0 unspecified atom stereocenters. The molecule has 1 atom stereocenters. The second-order valence-electron chi connectivity index (χ2n) is 4.86. The van der Waals surface area contributed by atoms with Crippen LogP contribution in [-0.4, -0.2) is 47.6 Å². The number of methoxy groups -OCH3 is 1. The number of thiol groups is 1. The molecule has 0 spiro atoms. The van der Waals surface area contributed by atoms with Gasteiger partial charge in [0, 0.05) is 11.3 Å². The SMILES string of the molecule is CCOC(=O)[C@H](CS)NC(=O)c1cc(-c2ccc(OC)cc2)n[nH]1. The molecule has 1 aromatic heterocycles. The molecule has 0 aliphatic heterocycles. The molecule has 1 amide bonds. The summed E-state index contributed by atoms with van der Waals surface area (Å²) >= 11 is 4.06. The van der Waals surface area contributed by atoms with E-state index < -0.39 is 17.9 Å². The van der Waals surface area contributed by atoms with E-state index >= 15 is 0 Å². The van der Waals surface area contributed by atoms with Gasteiger partial charge in [-0.2, -0.15) is 17.7 Å². The molecule has 1 heterocycles. The zero-order valence-electron chi connectivity index (χ0n) is 13.4. The first-order valence-corrected chi connectivity index (χ1v) is 8.00. The normalized spacial score (nSPS) is 11.6. The summed E-state index contributed by atoms with van der Waals surface area (Å²) in [4.78, 5) is 23.9. The number of nitrogens with zero attached hydrogens (tertiary/aromatic N) is 1. The van der Waals surface area contributed by atoms with Gasteiger partial charge in [-0.3, -0.25) is 9.89 Å². The van der Waals surface area contributed by atoms with Crippen LogP contribution in [-0.2, 0) is 9.53 Å². The van der Waals surface area contributed by atoms with Gasteiger partial charge in [0.1, 0.15) is 17.5 Å². The number of esters is 1. The average Bonchev–Trinajstić information content (AvgIpc) is 3.10. The number of H-pyrrole nitrogens is 1. The van der Waals surface area contributed by atoms with Crippen molar-refractivity contribution in [1.29, 1.82) is 0 Å². The lowest BCUT2D eigenvalue weighted by Gasteiger charge is -2.14. The zero-order valence-corrected chi connectivity index (χ0v) is 14.3. The van der Waals surface area contributed by atoms with Crippen molar-refractivity contribution in [3.63, 3.8) is 0 Å². The molecular weight excluding hydrogens is 330 g/mol. The summed E-state index contributed by atoms with van der Waals surface area (Å²) in [5.41, 5.74) is 1.69. The highest BCUT2D eigenvalue weighted by Gasteiger charge is 2.22. The van der Waals surface area contributed by atoms with Crippen molar-refractivity contribution in [1.82, 2.24) is 15.5 Å². The van der Waals surface area contributed by atoms with Gasteiger partial charge in [0.15, 0.2) is 0 Å². The summed E-state index contributed by atoms with van der Waals surface area (Å²) in [7, 11) is 1.59. The monoisotopic (exact) mass is 349 g/mol. The minimum absolute atomic E-state index is 0.143. The molecule has 1 aromatic carbocycles. The van der Waals surface area contributed by atoms with E-state index in [-0.39, 0.29) is 18.1 Å². The van der Waals surface area contributed by atoms with Crippen molar-refractivity contribution < 1.29 is 19.1 Å². The Hall–Kier alpha value is -2.48. The fourth-order valence-corrected chi connectivity index (χ4v) is 2.25. The summed E-state index contributed by atoms with van der Waals surface area (Å²) in [5.74, 6) is -0.0900. The number of hydrogen-bond donors (Lipinski definition) is 3. The Labute approximate surface area is 145 Å². The third kappa shape index (κ3) is 4.29. The molecule has 0 aliphatic carbocycles. The fraction of sp³-hybridized carbons (Fsp3) is 0.312. The van der Waals surface area contributed by atoms with E-state index in [4.69, 9.17) is 9.47 Å². The summed E-state index contributed by atoms with van der Waals surface area (Å²) in [6.45, 7) is 1.94. The lowest BCUT2D eigenvalue weighted by atomic mass is 10.1. The molecule has 0 saturated heterocycles.